The van der Waals surface area contributed by atoms with Crippen LogP contribution in [0.2, 0.25) is 0 Å². The number of hydrogen-bond acceptors (Lipinski definition) is 5. The Bertz CT molecular complexity index is 983. The van der Waals surface area contributed by atoms with Crippen molar-refractivity contribution in [1.29, 1.82) is 0 Å². The lowest BCUT2D eigenvalue weighted by molar-refractivity contribution is 0.0753. The first-order valence-electron chi connectivity index (χ1n) is 9.93. The van der Waals surface area contributed by atoms with Gasteiger partial charge in [0, 0.05) is 31.7 Å². The van der Waals surface area contributed by atoms with E-state index in [0.29, 0.717) is 18.7 Å². The van der Waals surface area contributed by atoms with Crippen LogP contribution in [-0.2, 0) is 12.1 Å². The van der Waals surface area contributed by atoms with Crippen LogP contribution in [-0.4, -0.2) is 37.1 Å². The minimum Gasteiger partial charge on any atom is -0.361 e. The summed E-state index contributed by atoms with van der Waals surface area (Å²) < 4.78 is 1.93. The molecule has 3 aromatic rings. The first kappa shape index (κ1) is 19.1. The van der Waals surface area contributed by atoms with E-state index < -0.39 is 0 Å². The summed E-state index contributed by atoms with van der Waals surface area (Å²) in [6, 6.07) is 9.81. The quantitative estimate of drug-likeness (QED) is 0.720. The summed E-state index contributed by atoms with van der Waals surface area (Å²) in [5, 5.41) is 8.08. The van der Waals surface area contributed by atoms with Crippen molar-refractivity contribution in [3.8, 4) is 0 Å². The molecule has 0 saturated carbocycles. The minimum absolute atomic E-state index is 0.0252. The lowest BCUT2D eigenvalue weighted by atomic mass is 9.91. The third-order valence-corrected chi connectivity index (χ3v) is 5.42. The molecule has 0 aliphatic carbocycles. The maximum Gasteiger partial charge on any atom is 0.259 e. The molecule has 3 aromatic heterocycles. The zero-order valence-corrected chi connectivity index (χ0v) is 17.0. The van der Waals surface area contributed by atoms with Crippen molar-refractivity contribution in [2.24, 2.45) is 0 Å². The lowest BCUT2D eigenvalue weighted by Gasteiger charge is -2.38. The third-order valence-electron chi connectivity index (χ3n) is 5.42. The summed E-state index contributed by atoms with van der Waals surface area (Å²) in [7, 11) is 0. The van der Waals surface area contributed by atoms with E-state index in [1.54, 1.807) is 24.8 Å². The van der Waals surface area contributed by atoms with E-state index in [-0.39, 0.29) is 17.5 Å². The Hall–Kier alpha value is -3.22. The van der Waals surface area contributed by atoms with Gasteiger partial charge >= 0.3 is 0 Å². The van der Waals surface area contributed by atoms with Gasteiger partial charge in [-0.25, -0.2) is 4.68 Å². The number of amides is 1. The normalized spacial score (nSPS) is 17.3. The zero-order valence-electron chi connectivity index (χ0n) is 17.0. The predicted octanol–water partition coefficient (Wildman–Crippen LogP) is 3.63. The molecule has 7 heteroatoms. The second-order valence-corrected chi connectivity index (χ2v) is 7.96. The molecule has 29 heavy (non-hydrogen) atoms. The summed E-state index contributed by atoms with van der Waals surface area (Å²) in [5.41, 5.74) is 2.38. The smallest absolute Gasteiger partial charge is 0.259 e. The summed E-state index contributed by atoms with van der Waals surface area (Å²) in [5.74, 6) is 0.727. The van der Waals surface area contributed by atoms with Gasteiger partial charge in [0.2, 0.25) is 0 Å². The summed E-state index contributed by atoms with van der Waals surface area (Å²) >= 11 is 0. The van der Waals surface area contributed by atoms with Crippen LogP contribution < -0.4 is 5.32 Å². The Labute approximate surface area is 170 Å². The van der Waals surface area contributed by atoms with E-state index in [1.807, 2.05) is 46.8 Å². The highest BCUT2D eigenvalue weighted by atomic mass is 16.2. The van der Waals surface area contributed by atoms with Crippen LogP contribution in [0.3, 0.4) is 0 Å². The Morgan fingerprint density at radius 3 is 2.72 bits per heavy atom. The molecule has 1 aliphatic rings. The van der Waals surface area contributed by atoms with Gasteiger partial charge in [0.15, 0.2) is 0 Å². The van der Waals surface area contributed by atoms with Crippen LogP contribution in [0.4, 0.5) is 5.82 Å². The number of aromatic nitrogens is 4. The number of fused-ring (bicyclic) bond motifs is 1. The fraction of sp³-hybridized carbons (Fsp3) is 0.364. The molecule has 1 amide bonds. The molecule has 1 atom stereocenters. The molecule has 0 radical (unpaired) electrons. The highest BCUT2D eigenvalue weighted by Gasteiger charge is 2.37. The predicted molar refractivity (Wildman–Crippen MR) is 111 cm³/mol. The van der Waals surface area contributed by atoms with E-state index in [4.69, 9.17) is 0 Å². The maximum atomic E-state index is 13.4. The number of pyridine rings is 2. The molecule has 1 N–H and O–H groups in total. The third kappa shape index (κ3) is 3.72. The van der Waals surface area contributed by atoms with Crippen LogP contribution in [0, 0.1) is 0 Å². The van der Waals surface area contributed by atoms with Crippen molar-refractivity contribution in [3.05, 3.63) is 71.9 Å². The Morgan fingerprint density at radius 2 is 2.03 bits per heavy atom. The standard InChI is InChI=1S/C22H26N6O/c1-4-27(15-16-8-11-23-12-9-16)21(29)17-14-25-28-20(17)26-19(13-22(28,2)3)18-7-5-6-10-24-18/h5-12,14,19,26H,4,13,15H2,1-3H3. The highest BCUT2D eigenvalue weighted by molar-refractivity contribution is 5.99. The lowest BCUT2D eigenvalue weighted by Crippen LogP contribution is -2.39. The first-order chi connectivity index (χ1) is 14.0. The molecule has 0 spiro atoms. The average Bonchev–Trinajstić information content (AvgIpc) is 3.17. The van der Waals surface area contributed by atoms with Gasteiger partial charge < -0.3 is 10.2 Å². The van der Waals surface area contributed by atoms with Crippen molar-refractivity contribution in [1.82, 2.24) is 24.6 Å². The SMILES string of the molecule is CCN(Cc1ccncc1)C(=O)c1cnn2c1NC(c1ccccn1)CC2(C)C. The number of carbonyl (C=O) groups excluding carboxylic acids is 1. The van der Waals surface area contributed by atoms with Crippen molar-refractivity contribution in [2.45, 2.75) is 45.3 Å². The zero-order chi connectivity index (χ0) is 20.4. The molecule has 0 bridgehead atoms. The fourth-order valence-electron chi connectivity index (χ4n) is 3.87. The van der Waals surface area contributed by atoms with Crippen molar-refractivity contribution < 1.29 is 4.79 Å². The molecule has 150 valence electrons. The van der Waals surface area contributed by atoms with E-state index in [1.165, 1.54) is 0 Å². The molecule has 0 aromatic carbocycles. The number of nitrogens with zero attached hydrogens (tertiary/aromatic N) is 5. The van der Waals surface area contributed by atoms with Crippen LogP contribution in [0.15, 0.2) is 55.1 Å². The van der Waals surface area contributed by atoms with Gasteiger partial charge in [0.05, 0.1) is 23.5 Å². The number of anilines is 1. The first-order valence-corrected chi connectivity index (χ1v) is 9.93. The van der Waals surface area contributed by atoms with Crippen molar-refractivity contribution in [2.75, 3.05) is 11.9 Å². The van der Waals surface area contributed by atoms with Gasteiger partial charge in [-0.05, 0) is 57.0 Å². The minimum atomic E-state index is -0.233. The highest BCUT2D eigenvalue weighted by Crippen LogP contribution is 2.39. The van der Waals surface area contributed by atoms with Gasteiger partial charge in [-0.15, -0.1) is 0 Å². The fourth-order valence-corrected chi connectivity index (χ4v) is 3.87. The molecule has 0 fully saturated rings. The Morgan fingerprint density at radius 1 is 1.24 bits per heavy atom. The molecule has 7 nitrogen and oxygen atoms in total. The topological polar surface area (TPSA) is 75.9 Å². The molecular weight excluding hydrogens is 364 g/mol. The summed E-state index contributed by atoms with van der Waals surface area (Å²) in [4.78, 5) is 23.8. The molecule has 4 heterocycles. The molecule has 1 aliphatic heterocycles. The monoisotopic (exact) mass is 390 g/mol. The van der Waals surface area contributed by atoms with Gasteiger partial charge in [0.1, 0.15) is 11.4 Å². The number of nitrogens with one attached hydrogen (secondary N) is 1. The van der Waals surface area contributed by atoms with Gasteiger partial charge in [-0.1, -0.05) is 6.07 Å². The number of carbonyl (C=O) groups is 1. The van der Waals surface area contributed by atoms with Crippen molar-refractivity contribution in [3.63, 3.8) is 0 Å². The van der Waals surface area contributed by atoms with Crippen LogP contribution in [0.1, 0.15) is 54.8 Å². The van der Waals surface area contributed by atoms with Gasteiger partial charge in [0.25, 0.3) is 5.91 Å². The molecule has 1 unspecified atom stereocenters. The second-order valence-electron chi connectivity index (χ2n) is 7.96. The number of hydrogen-bond donors (Lipinski definition) is 1. The van der Waals surface area contributed by atoms with Gasteiger partial charge in [-0.2, -0.15) is 5.10 Å². The largest absolute Gasteiger partial charge is 0.361 e. The van der Waals surface area contributed by atoms with E-state index in [0.717, 1.165) is 23.5 Å². The van der Waals surface area contributed by atoms with Crippen LogP contribution in [0.5, 0.6) is 0 Å². The van der Waals surface area contributed by atoms with Crippen LogP contribution in [0.25, 0.3) is 0 Å². The molecular formula is C22H26N6O. The van der Waals surface area contributed by atoms with Crippen molar-refractivity contribution >= 4 is 11.7 Å². The number of rotatable bonds is 5. The van der Waals surface area contributed by atoms with E-state index in [2.05, 4.69) is 34.2 Å². The Balaban J connectivity index is 1.65. The molecule has 0 saturated heterocycles. The second kappa shape index (κ2) is 7.66. The summed E-state index contributed by atoms with van der Waals surface area (Å²) in [6.07, 6.45) is 7.81. The van der Waals surface area contributed by atoms with Crippen LogP contribution >= 0.6 is 0 Å². The Kier molecular flexibility index (Phi) is 5.05. The maximum absolute atomic E-state index is 13.4. The average molecular weight is 390 g/mol. The summed E-state index contributed by atoms with van der Waals surface area (Å²) in [6.45, 7) is 7.42. The van der Waals surface area contributed by atoms with E-state index in [9.17, 15) is 4.79 Å². The van der Waals surface area contributed by atoms with Gasteiger partial charge in [-0.3, -0.25) is 14.8 Å². The molecule has 4 rings (SSSR count). The van der Waals surface area contributed by atoms with E-state index >= 15 is 0 Å².